The molecular weight excluding hydrogens is 442 g/mol. The highest BCUT2D eigenvalue weighted by Crippen LogP contribution is 2.35. The van der Waals surface area contributed by atoms with Gasteiger partial charge in [-0.25, -0.2) is 14.3 Å². The van der Waals surface area contributed by atoms with Gasteiger partial charge >= 0.3 is 6.03 Å². The molecular formula is C26H25N7O2. The van der Waals surface area contributed by atoms with Crippen LogP contribution in [0.15, 0.2) is 67.0 Å². The monoisotopic (exact) mass is 467 g/mol. The molecule has 2 heterocycles. The van der Waals surface area contributed by atoms with Gasteiger partial charge in [-0.1, -0.05) is 30.3 Å². The van der Waals surface area contributed by atoms with E-state index in [4.69, 9.17) is 0 Å². The van der Waals surface area contributed by atoms with Gasteiger partial charge in [0.1, 0.15) is 5.54 Å². The van der Waals surface area contributed by atoms with Crippen molar-refractivity contribution >= 4 is 29.0 Å². The number of carbonyl (C=O) groups is 2. The number of fused-ring (bicyclic) bond motifs is 1. The molecule has 4 rings (SSSR count). The van der Waals surface area contributed by atoms with Gasteiger partial charge in [-0.3, -0.25) is 9.69 Å². The Labute approximate surface area is 203 Å². The quantitative estimate of drug-likeness (QED) is 0.451. The van der Waals surface area contributed by atoms with E-state index in [1.165, 1.54) is 11.9 Å². The van der Waals surface area contributed by atoms with Gasteiger partial charge in [-0.2, -0.15) is 10.4 Å². The molecule has 0 spiro atoms. The highest BCUT2D eigenvalue weighted by atomic mass is 16.2. The van der Waals surface area contributed by atoms with Crippen molar-refractivity contribution in [2.45, 2.75) is 26.3 Å². The van der Waals surface area contributed by atoms with Crippen LogP contribution in [-0.2, 0) is 0 Å². The Balaban J connectivity index is 1.88. The second-order valence-corrected chi connectivity index (χ2v) is 8.47. The number of nitrogens with one attached hydrogen (secondary N) is 2. The van der Waals surface area contributed by atoms with Crippen LogP contribution < -0.4 is 15.5 Å². The third-order valence-corrected chi connectivity index (χ3v) is 5.71. The van der Waals surface area contributed by atoms with Crippen LogP contribution in [0.3, 0.4) is 0 Å². The zero-order valence-electron chi connectivity index (χ0n) is 19.9. The molecule has 0 saturated heterocycles. The van der Waals surface area contributed by atoms with Gasteiger partial charge in [0.15, 0.2) is 5.65 Å². The second kappa shape index (κ2) is 9.27. The maximum Gasteiger partial charge on any atom is 0.319 e. The van der Waals surface area contributed by atoms with E-state index in [0.717, 1.165) is 11.1 Å². The highest BCUT2D eigenvalue weighted by Gasteiger charge is 2.34. The molecule has 0 radical (unpaired) electrons. The average Bonchev–Trinajstić information content (AvgIpc) is 3.34. The van der Waals surface area contributed by atoms with Crippen molar-refractivity contribution in [3.05, 3.63) is 78.1 Å². The number of benzene rings is 2. The fourth-order valence-corrected chi connectivity index (χ4v) is 3.89. The molecule has 0 saturated carbocycles. The van der Waals surface area contributed by atoms with Crippen molar-refractivity contribution < 1.29 is 9.59 Å². The molecule has 2 aromatic carbocycles. The maximum absolute atomic E-state index is 13.6. The lowest BCUT2D eigenvalue weighted by Gasteiger charge is -2.35. The number of amides is 3. The Bertz CT molecular complexity index is 1450. The van der Waals surface area contributed by atoms with Crippen LogP contribution in [-0.4, -0.2) is 39.1 Å². The lowest BCUT2D eigenvalue weighted by molar-refractivity contribution is 0.0971. The Morgan fingerprint density at radius 2 is 1.86 bits per heavy atom. The molecule has 9 nitrogen and oxygen atoms in total. The number of carbonyl (C=O) groups excluding carboxylic acids is 2. The molecule has 0 atom stereocenters. The molecule has 0 aliphatic rings. The van der Waals surface area contributed by atoms with E-state index in [1.54, 1.807) is 61.1 Å². The van der Waals surface area contributed by atoms with Gasteiger partial charge in [-0.05, 0) is 50.6 Å². The number of rotatable bonds is 5. The fourth-order valence-electron chi connectivity index (χ4n) is 3.89. The number of aromatic nitrogens is 3. The lowest BCUT2D eigenvalue weighted by atomic mass is 9.97. The predicted molar refractivity (Wildman–Crippen MR) is 134 cm³/mol. The summed E-state index contributed by atoms with van der Waals surface area (Å²) in [6.07, 6.45) is 3.29. The fraction of sp³-hybridized carbons (Fsp3) is 0.192. The average molecular weight is 468 g/mol. The maximum atomic E-state index is 13.6. The summed E-state index contributed by atoms with van der Waals surface area (Å²) in [6.45, 7) is 5.30. The van der Waals surface area contributed by atoms with Gasteiger partial charge in [0, 0.05) is 36.3 Å². The number of nitrogens with zero attached hydrogens (tertiary/aromatic N) is 5. The Hall–Kier alpha value is -4.71. The van der Waals surface area contributed by atoms with Gasteiger partial charge < -0.3 is 10.6 Å². The summed E-state index contributed by atoms with van der Waals surface area (Å²) in [7, 11) is 1.53. The minimum Gasteiger partial charge on any atom is -0.341 e. The molecule has 0 unspecified atom stereocenters. The largest absolute Gasteiger partial charge is 0.341 e. The number of nitriles is 1. The summed E-state index contributed by atoms with van der Waals surface area (Å²) >= 11 is 0. The van der Waals surface area contributed by atoms with Gasteiger partial charge in [0.2, 0.25) is 0 Å². The van der Waals surface area contributed by atoms with Crippen LogP contribution in [0, 0.1) is 18.3 Å². The van der Waals surface area contributed by atoms with E-state index < -0.39 is 5.54 Å². The van der Waals surface area contributed by atoms with Crippen LogP contribution in [0.2, 0.25) is 0 Å². The SMILES string of the molecule is CNC(=O)Nc1cc(-c2cccc(N(C(=O)c3ccccc3)C(C)(C)C#N)c2C)nn2ccnc12. The highest BCUT2D eigenvalue weighted by molar-refractivity contribution is 6.08. The third-order valence-electron chi connectivity index (χ3n) is 5.71. The number of hydrogen-bond acceptors (Lipinski definition) is 5. The number of hydrogen-bond donors (Lipinski definition) is 2. The van der Waals surface area contributed by atoms with Crippen molar-refractivity contribution in [1.82, 2.24) is 19.9 Å². The summed E-state index contributed by atoms with van der Waals surface area (Å²) in [6, 6.07) is 18.0. The van der Waals surface area contributed by atoms with Crippen molar-refractivity contribution in [1.29, 1.82) is 5.26 Å². The predicted octanol–water partition coefficient (Wildman–Crippen LogP) is 4.41. The van der Waals surface area contributed by atoms with Gasteiger partial charge in [0.25, 0.3) is 5.91 Å². The molecule has 0 aliphatic carbocycles. The topological polar surface area (TPSA) is 115 Å². The molecule has 4 aromatic rings. The summed E-state index contributed by atoms with van der Waals surface area (Å²) in [5.41, 5.74) is 3.02. The van der Waals surface area contributed by atoms with Crippen molar-refractivity contribution in [3.63, 3.8) is 0 Å². The Morgan fingerprint density at radius 1 is 1.11 bits per heavy atom. The van der Waals surface area contributed by atoms with E-state index >= 15 is 0 Å². The minimum absolute atomic E-state index is 0.280. The van der Waals surface area contributed by atoms with E-state index in [-0.39, 0.29) is 11.9 Å². The van der Waals surface area contributed by atoms with Crippen LogP contribution in [0.5, 0.6) is 0 Å². The van der Waals surface area contributed by atoms with E-state index in [9.17, 15) is 14.9 Å². The first-order chi connectivity index (χ1) is 16.8. The molecule has 9 heteroatoms. The van der Waals surface area contributed by atoms with Crippen molar-refractivity contribution in [2.24, 2.45) is 0 Å². The molecule has 176 valence electrons. The standard InChI is InChI=1S/C26H25N7O2/c1-17-19(20-15-21(30-25(35)28-4)23-29-13-14-32(23)31-20)11-8-12-22(17)33(26(2,3)16-27)24(34)18-9-6-5-7-10-18/h5-15H,1-4H3,(H2,28,30,35). The molecule has 0 bridgehead atoms. The number of anilines is 2. The van der Waals surface area contributed by atoms with E-state index in [2.05, 4.69) is 26.8 Å². The molecule has 0 fully saturated rings. The van der Waals surface area contributed by atoms with Crippen LogP contribution in [0.25, 0.3) is 16.9 Å². The van der Waals surface area contributed by atoms with Gasteiger partial charge in [-0.15, -0.1) is 0 Å². The molecule has 3 amide bonds. The summed E-state index contributed by atoms with van der Waals surface area (Å²) in [5, 5.41) is 19.9. The van der Waals surface area contributed by atoms with Crippen molar-refractivity contribution in [3.8, 4) is 17.3 Å². The number of imidazole rings is 1. The lowest BCUT2D eigenvalue weighted by Crippen LogP contribution is -2.47. The van der Waals surface area contributed by atoms with Crippen LogP contribution in [0.4, 0.5) is 16.2 Å². The first kappa shape index (κ1) is 23.4. The summed E-state index contributed by atoms with van der Waals surface area (Å²) in [5.74, 6) is -0.280. The molecule has 2 aromatic heterocycles. The minimum atomic E-state index is -1.12. The van der Waals surface area contributed by atoms with Gasteiger partial charge in [0.05, 0.1) is 17.5 Å². The first-order valence-electron chi connectivity index (χ1n) is 11.0. The van der Waals surface area contributed by atoms with Crippen LogP contribution >= 0.6 is 0 Å². The zero-order valence-corrected chi connectivity index (χ0v) is 19.9. The smallest absolute Gasteiger partial charge is 0.319 e. The molecule has 35 heavy (non-hydrogen) atoms. The Kier molecular flexibility index (Phi) is 6.21. The van der Waals surface area contributed by atoms with Crippen LogP contribution in [0.1, 0.15) is 29.8 Å². The number of urea groups is 1. The zero-order chi connectivity index (χ0) is 25.2. The van der Waals surface area contributed by atoms with E-state index in [0.29, 0.717) is 28.3 Å². The second-order valence-electron chi connectivity index (χ2n) is 8.47. The third kappa shape index (κ3) is 4.42. The summed E-state index contributed by atoms with van der Waals surface area (Å²) in [4.78, 5) is 31.4. The molecule has 2 N–H and O–H groups in total. The van der Waals surface area contributed by atoms with E-state index in [1.807, 2.05) is 31.2 Å². The molecule has 0 aliphatic heterocycles. The van der Waals surface area contributed by atoms with Crippen molar-refractivity contribution in [2.75, 3.05) is 17.3 Å². The summed E-state index contributed by atoms with van der Waals surface area (Å²) < 4.78 is 1.58. The normalized spacial score (nSPS) is 11.1. The first-order valence-corrected chi connectivity index (χ1v) is 11.0. The Morgan fingerprint density at radius 3 is 2.54 bits per heavy atom.